The molecule has 1 aliphatic carbocycles. The molecule has 0 aromatic heterocycles. The van der Waals surface area contributed by atoms with E-state index in [9.17, 15) is 23.2 Å². The van der Waals surface area contributed by atoms with Crippen molar-refractivity contribution in [3.05, 3.63) is 0 Å². The highest BCUT2D eigenvalue weighted by molar-refractivity contribution is 7.79. The summed E-state index contributed by atoms with van der Waals surface area (Å²) in [6, 6.07) is 1.31. The van der Waals surface area contributed by atoms with Crippen LogP contribution in [0.2, 0.25) is 0 Å². The largest absolute Gasteiger partial charge is 0.356 e. The average Bonchev–Trinajstić information content (AvgIpc) is 3.19. The van der Waals surface area contributed by atoms with Crippen LogP contribution in [0, 0.1) is 39.9 Å². The zero-order valence-corrected chi connectivity index (χ0v) is 22.3. The molecule has 3 fully saturated rings. The van der Waals surface area contributed by atoms with Crippen LogP contribution in [0.5, 0.6) is 0 Å². The lowest BCUT2D eigenvalue weighted by Gasteiger charge is -2.34. The molecule has 0 aromatic carbocycles. The van der Waals surface area contributed by atoms with Crippen LogP contribution in [-0.4, -0.2) is 73.7 Å². The molecule has 3 N–H and O–H groups in total. The molecule has 5 atom stereocenters. The number of likely N-dealkylation sites (tertiary alicyclic amines) is 1. The number of nitrogens with zero attached hydrogens (tertiary/aromatic N) is 2. The maximum Gasteiger partial charge on any atom is 0.267 e. The number of carbonyl (C=O) groups is 3. The number of nitriles is 1. The normalized spacial score (nSPS) is 25.4. The third-order valence-corrected chi connectivity index (χ3v) is 7.25. The Bertz CT molecular complexity index is 783. The monoisotopic (exact) mass is 515 g/mol. The molecule has 3 rings (SSSR count). The van der Waals surface area contributed by atoms with E-state index in [1.54, 1.807) is 0 Å². The number of halogens is 2. The minimum Gasteiger partial charge on any atom is -0.356 e. The number of likely N-dealkylation sites (N-methyl/N-ethyl adjacent to an activating group) is 1. The van der Waals surface area contributed by atoms with E-state index >= 15 is 0 Å². The molecule has 0 spiro atoms. The lowest BCUT2D eigenvalue weighted by molar-refractivity contribution is -0.135. The standard InChI is InChI=1S/C14H26N2O.C8H11N3O2.C2H2F2S/c1-13(2,3)11(15-6)12(17)16-7-9-10(8-16)14(9,4)5;9-4-7(11-5-12)3-6-1-2-10-8(6)13;3-2(4)1-5/h9-11,15H,7-8H2,1-6H3;5-7H,1-3H2,(H,10,13)(H,11,12);1-2H. The average molecular weight is 516 g/mol. The molecule has 1 saturated carbocycles. The maximum absolute atomic E-state index is 12.5. The van der Waals surface area contributed by atoms with E-state index in [4.69, 9.17) is 5.26 Å². The van der Waals surface area contributed by atoms with Gasteiger partial charge in [-0.05, 0) is 42.6 Å². The predicted molar refractivity (Wildman–Crippen MR) is 134 cm³/mol. The highest BCUT2D eigenvalue weighted by Crippen LogP contribution is 2.62. The maximum atomic E-state index is 12.5. The highest BCUT2D eigenvalue weighted by atomic mass is 32.1. The number of piperidine rings is 1. The van der Waals surface area contributed by atoms with Crippen molar-refractivity contribution >= 4 is 35.8 Å². The van der Waals surface area contributed by atoms with E-state index in [0.717, 1.165) is 31.3 Å². The van der Waals surface area contributed by atoms with Gasteiger partial charge in [-0.25, -0.2) is 8.78 Å². The van der Waals surface area contributed by atoms with E-state index in [-0.39, 0.29) is 29.2 Å². The van der Waals surface area contributed by atoms with Gasteiger partial charge in [-0.15, -0.1) is 0 Å². The van der Waals surface area contributed by atoms with Crippen molar-refractivity contribution in [3.8, 4) is 6.07 Å². The minimum absolute atomic E-state index is 0.0197. The topological polar surface area (TPSA) is 114 Å². The molecule has 3 amide bonds. The molecule has 11 heteroatoms. The molecular formula is C24H39F2N5O3S. The minimum atomic E-state index is -2.43. The Morgan fingerprint density at radius 2 is 1.89 bits per heavy atom. The Hall–Kier alpha value is -2.19. The first kappa shape index (κ1) is 30.8. The second kappa shape index (κ2) is 13.2. The number of thiocarbonyl (C=S) groups is 1. The lowest BCUT2D eigenvalue weighted by Crippen LogP contribution is -2.52. The van der Waals surface area contributed by atoms with Crippen LogP contribution in [-0.2, 0) is 14.4 Å². The van der Waals surface area contributed by atoms with Crippen LogP contribution in [0.25, 0.3) is 0 Å². The van der Waals surface area contributed by atoms with Gasteiger partial charge in [0.25, 0.3) is 6.43 Å². The molecule has 2 saturated heterocycles. The Kier molecular flexibility index (Phi) is 11.6. The molecule has 3 aliphatic rings. The van der Waals surface area contributed by atoms with Crippen molar-refractivity contribution in [2.24, 2.45) is 28.6 Å². The SMILES string of the molecule is CNC(C(=O)N1CC2C(C1)C2(C)C)C(C)(C)C.FC(F)C=S.N#CC(CC1CCNC1=O)NC=O. The summed E-state index contributed by atoms with van der Waals surface area (Å²) in [7, 11) is 1.88. The zero-order valence-electron chi connectivity index (χ0n) is 21.4. The van der Waals surface area contributed by atoms with Crippen molar-refractivity contribution in [2.45, 2.75) is 66.0 Å². The quantitative estimate of drug-likeness (QED) is 0.354. The fraction of sp³-hybridized carbons (Fsp3) is 0.792. The Morgan fingerprint density at radius 1 is 1.34 bits per heavy atom. The van der Waals surface area contributed by atoms with Gasteiger partial charge in [0.2, 0.25) is 18.2 Å². The van der Waals surface area contributed by atoms with E-state index in [0.29, 0.717) is 30.2 Å². The molecule has 8 nitrogen and oxygen atoms in total. The molecule has 2 aliphatic heterocycles. The van der Waals surface area contributed by atoms with E-state index in [1.165, 1.54) is 0 Å². The summed E-state index contributed by atoms with van der Waals surface area (Å²) in [5.74, 6) is 1.61. The van der Waals surface area contributed by atoms with Crippen LogP contribution in [0.3, 0.4) is 0 Å². The van der Waals surface area contributed by atoms with Gasteiger partial charge < -0.3 is 20.9 Å². The van der Waals surface area contributed by atoms with Crippen LogP contribution in [0.1, 0.15) is 47.5 Å². The first-order valence-corrected chi connectivity index (χ1v) is 12.3. The molecule has 0 radical (unpaired) electrons. The van der Waals surface area contributed by atoms with Crippen LogP contribution < -0.4 is 16.0 Å². The summed E-state index contributed by atoms with van der Waals surface area (Å²) in [4.78, 5) is 35.7. The van der Waals surface area contributed by atoms with E-state index in [2.05, 4.69) is 67.7 Å². The molecular weight excluding hydrogens is 476 g/mol. The fourth-order valence-electron chi connectivity index (χ4n) is 4.82. The van der Waals surface area contributed by atoms with Gasteiger partial charge in [-0.2, -0.15) is 5.26 Å². The Labute approximate surface area is 212 Å². The number of alkyl halides is 2. The number of nitrogens with one attached hydrogen (secondary N) is 3. The van der Waals surface area contributed by atoms with Gasteiger partial charge in [0.05, 0.1) is 12.1 Å². The molecule has 35 heavy (non-hydrogen) atoms. The Balaban J connectivity index is 0.000000302. The second-order valence-electron chi connectivity index (χ2n) is 10.8. The zero-order chi connectivity index (χ0) is 27.0. The summed E-state index contributed by atoms with van der Waals surface area (Å²) in [6.07, 6.45) is -0.788. The lowest BCUT2D eigenvalue weighted by atomic mass is 9.86. The van der Waals surface area contributed by atoms with E-state index < -0.39 is 12.5 Å². The van der Waals surface area contributed by atoms with Crippen LogP contribution in [0.15, 0.2) is 0 Å². The molecule has 0 aromatic rings. The molecule has 0 bridgehead atoms. The summed E-state index contributed by atoms with van der Waals surface area (Å²) in [5.41, 5.74) is 0.460. The summed E-state index contributed by atoms with van der Waals surface area (Å²) in [6.45, 7) is 13.6. The number of hydrogen-bond acceptors (Lipinski definition) is 6. The van der Waals surface area contributed by atoms with Gasteiger partial charge in [-0.1, -0.05) is 46.8 Å². The summed E-state index contributed by atoms with van der Waals surface area (Å²) >= 11 is 3.80. The van der Waals surface area contributed by atoms with E-state index in [1.807, 2.05) is 13.1 Å². The Morgan fingerprint density at radius 3 is 2.23 bits per heavy atom. The van der Waals surface area contributed by atoms with Crippen molar-refractivity contribution in [1.29, 1.82) is 5.26 Å². The summed E-state index contributed by atoms with van der Waals surface area (Å²) in [5, 5.41) is 17.2. The van der Waals surface area contributed by atoms with Crippen LogP contribution in [0.4, 0.5) is 8.78 Å². The van der Waals surface area contributed by atoms with Crippen molar-refractivity contribution < 1.29 is 23.2 Å². The highest BCUT2D eigenvalue weighted by Gasteiger charge is 2.63. The third kappa shape index (κ3) is 8.76. The van der Waals surface area contributed by atoms with Crippen LogP contribution >= 0.6 is 12.2 Å². The van der Waals surface area contributed by atoms with Gasteiger partial charge in [0, 0.05) is 30.9 Å². The second-order valence-corrected chi connectivity index (χ2v) is 11.1. The van der Waals surface area contributed by atoms with Crippen molar-refractivity contribution in [1.82, 2.24) is 20.9 Å². The number of amides is 3. The van der Waals surface area contributed by atoms with Gasteiger partial charge in [0.15, 0.2) is 0 Å². The molecule has 198 valence electrons. The number of hydrogen-bond donors (Lipinski definition) is 3. The van der Waals surface area contributed by atoms with Gasteiger partial charge in [0.1, 0.15) is 6.04 Å². The van der Waals surface area contributed by atoms with Crippen molar-refractivity contribution in [2.75, 3.05) is 26.7 Å². The van der Waals surface area contributed by atoms with Gasteiger partial charge >= 0.3 is 0 Å². The predicted octanol–water partition coefficient (Wildman–Crippen LogP) is 2.14. The smallest absolute Gasteiger partial charge is 0.267 e. The summed E-state index contributed by atoms with van der Waals surface area (Å²) < 4.78 is 21.2. The first-order chi connectivity index (χ1) is 16.2. The molecule has 5 unspecified atom stereocenters. The fourth-order valence-corrected chi connectivity index (χ4v) is 4.82. The first-order valence-electron chi connectivity index (χ1n) is 11.8. The number of rotatable bonds is 7. The molecule has 2 heterocycles. The third-order valence-electron chi connectivity index (χ3n) is 7.05. The number of carbonyl (C=O) groups excluding carboxylic acids is 3. The van der Waals surface area contributed by atoms with Gasteiger partial charge in [-0.3, -0.25) is 14.4 Å². The van der Waals surface area contributed by atoms with Crippen molar-refractivity contribution in [3.63, 3.8) is 0 Å². The number of fused-ring (bicyclic) bond motifs is 1.